The maximum Gasteiger partial charge on any atom is 0.323 e. The molecule has 0 saturated heterocycles. The average molecular weight is 792 g/mol. The number of nitrogens with zero attached hydrogens (tertiary/aromatic N) is 2. The standard InChI is InChI=1S/C8H11NO2.C8H13NO.C8H11NO.C6H10N2O.2C6H10N2.CH4/c1-5(2)8(11)6-3-4-7(10)9-6;1-6(2)8(10)7-3-4-9-5-7;1-6(2)8(10)7-4-3-5-9-7;1-4(2)5-3-7-6(9)8-5;1-5(2)6-3-7-4-8-6;1-5(2)6-3-7-8-4-6;/h3,5H,4H2,1-2H3,(H,9,10);3,6,9H,4-5H2,1-2H3;3-6,9H,1-2H3;3-4H,1-2H3,(H2,7,8,9);2*3-5H,1-2H3,(H,7,8);1H4. The first kappa shape index (κ1) is 51.6. The molecule has 4 aromatic heterocycles. The second kappa shape index (κ2) is 27.3. The van der Waals surface area contributed by atoms with Crippen LogP contribution >= 0.6 is 0 Å². The zero-order valence-electron chi connectivity index (χ0n) is 35.3. The highest BCUT2D eigenvalue weighted by molar-refractivity contribution is 6.03. The van der Waals surface area contributed by atoms with Crippen LogP contribution in [0.4, 0.5) is 0 Å². The molecule has 2 aliphatic heterocycles. The third-order valence-corrected chi connectivity index (χ3v) is 8.16. The van der Waals surface area contributed by atoms with Crippen molar-refractivity contribution in [3.8, 4) is 0 Å². The maximum atomic E-state index is 11.2. The SMILES string of the molecule is C.CC(C)C(=O)C1=CCC(=O)N1.CC(C)C(=O)C1=CCNC1.CC(C)C(=O)c1ccc[nH]1.CC(C)c1c[nH]c(=O)[nH]1.CC(C)c1cn[nH]c1.CC(C)c1cnc[nH]1. The Kier molecular flexibility index (Phi) is 24.7. The molecule has 0 unspecified atom stereocenters. The first-order chi connectivity index (χ1) is 26.3. The molecule has 0 bridgehead atoms. The number of ketones is 3. The lowest BCUT2D eigenvalue weighted by molar-refractivity contribution is -0.122. The van der Waals surface area contributed by atoms with Crippen molar-refractivity contribution < 1.29 is 19.2 Å². The van der Waals surface area contributed by atoms with Gasteiger partial charge < -0.3 is 30.6 Å². The molecule has 6 rings (SSSR count). The molecule has 7 N–H and O–H groups in total. The fourth-order valence-corrected chi connectivity index (χ4v) is 4.56. The van der Waals surface area contributed by atoms with Gasteiger partial charge in [-0.05, 0) is 41.5 Å². The Labute approximate surface area is 339 Å². The summed E-state index contributed by atoms with van der Waals surface area (Å²) in [5, 5.41) is 12.2. The lowest BCUT2D eigenvalue weighted by atomic mass is 10.0. The van der Waals surface area contributed by atoms with E-state index in [1.54, 1.807) is 30.9 Å². The van der Waals surface area contributed by atoms with Crippen molar-refractivity contribution in [1.29, 1.82) is 0 Å². The Hall–Kier alpha value is -5.37. The Morgan fingerprint density at radius 3 is 1.65 bits per heavy atom. The minimum absolute atomic E-state index is 0. The molecule has 0 radical (unpaired) electrons. The molecule has 1 amide bonds. The molecule has 2 aliphatic rings. The van der Waals surface area contributed by atoms with Crippen molar-refractivity contribution in [2.24, 2.45) is 17.8 Å². The van der Waals surface area contributed by atoms with Crippen LogP contribution in [-0.2, 0) is 14.4 Å². The van der Waals surface area contributed by atoms with Crippen molar-refractivity contribution >= 4 is 23.3 Å². The number of hydrogen-bond donors (Lipinski definition) is 7. The Balaban J connectivity index is 0.000000660. The van der Waals surface area contributed by atoms with E-state index in [4.69, 9.17) is 0 Å². The molecule has 0 fully saturated rings. The predicted octanol–water partition coefficient (Wildman–Crippen LogP) is 7.74. The summed E-state index contributed by atoms with van der Waals surface area (Å²) in [5.41, 5.74) is 5.42. The number of Topliss-reactive ketones (excluding diaryl/α,β-unsaturated/α-hetero) is 3. The van der Waals surface area contributed by atoms with Crippen molar-refractivity contribution in [1.82, 2.24) is 45.8 Å². The van der Waals surface area contributed by atoms with Crippen LogP contribution in [0.1, 0.15) is 142 Å². The lowest BCUT2D eigenvalue weighted by Gasteiger charge is -2.03. The van der Waals surface area contributed by atoms with E-state index in [1.807, 2.05) is 86.1 Å². The van der Waals surface area contributed by atoms with Gasteiger partial charge in [-0.3, -0.25) is 24.3 Å². The minimum atomic E-state index is -0.126. The van der Waals surface area contributed by atoms with E-state index in [2.05, 4.69) is 73.4 Å². The zero-order chi connectivity index (χ0) is 42.4. The number of carbonyl (C=O) groups is 4. The molecule has 4 aromatic rings. The number of nitrogens with one attached hydrogen (secondary N) is 7. The number of allylic oxidation sites excluding steroid dienone is 1. The van der Waals surface area contributed by atoms with E-state index in [1.165, 1.54) is 11.3 Å². The molecule has 316 valence electrons. The summed E-state index contributed by atoms with van der Waals surface area (Å²) in [5.74, 6) is 2.11. The number of carbonyl (C=O) groups excluding carboxylic acids is 4. The smallest absolute Gasteiger partial charge is 0.323 e. The van der Waals surface area contributed by atoms with Crippen molar-refractivity contribution in [3.05, 3.63) is 106 Å². The number of imidazole rings is 2. The highest BCUT2D eigenvalue weighted by Gasteiger charge is 2.20. The van der Waals surface area contributed by atoms with Gasteiger partial charge in [-0.1, -0.05) is 96.6 Å². The largest absolute Gasteiger partial charge is 0.359 e. The summed E-state index contributed by atoms with van der Waals surface area (Å²) in [6.45, 7) is 25.5. The van der Waals surface area contributed by atoms with Gasteiger partial charge in [0.2, 0.25) is 5.91 Å². The number of amides is 1. The van der Waals surface area contributed by atoms with Crippen LogP contribution in [0.15, 0.2) is 77.7 Å². The van der Waals surface area contributed by atoms with Gasteiger partial charge in [-0.15, -0.1) is 0 Å². The summed E-state index contributed by atoms with van der Waals surface area (Å²) in [7, 11) is 0. The molecular weight excluding hydrogens is 723 g/mol. The van der Waals surface area contributed by atoms with Crippen LogP contribution in [0.25, 0.3) is 0 Å². The molecule has 6 heterocycles. The first-order valence-electron chi connectivity index (χ1n) is 19.3. The van der Waals surface area contributed by atoms with E-state index < -0.39 is 0 Å². The summed E-state index contributed by atoms with van der Waals surface area (Å²) >= 11 is 0. The Morgan fingerprint density at radius 2 is 1.33 bits per heavy atom. The van der Waals surface area contributed by atoms with Gasteiger partial charge in [-0.25, -0.2) is 9.78 Å². The highest BCUT2D eigenvalue weighted by Crippen LogP contribution is 2.11. The monoisotopic (exact) mass is 792 g/mol. The van der Waals surface area contributed by atoms with Crippen LogP contribution < -0.4 is 16.3 Å². The van der Waals surface area contributed by atoms with Gasteiger partial charge in [0.1, 0.15) is 0 Å². The number of hydrogen-bond acceptors (Lipinski definition) is 8. The first-order valence-corrected chi connectivity index (χ1v) is 19.3. The summed E-state index contributed by atoms with van der Waals surface area (Å²) in [6.07, 6.45) is 14.7. The number of aromatic nitrogens is 7. The fraction of sp³-hybridized carbons (Fsp3) is 0.512. The number of H-pyrrole nitrogens is 5. The van der Waals surface area contributed by atoms with Crippen molar-refractivity contribution in [2.75, 3.05) is 13.1 Å². The van der Waals surface area contributed by atoms with E-state index in [-0.39, 0.29) is 54.1 Å². The number of rotatable bonds is 9. The molecule has 0 atom stereocenters. The molecule has 57 heavy (non-hydrogen) atoms. The quantitative estimate of drug-likeness (QED) is 0.0831. The van der Waals surface area contributed by atoms with E-state index in [0.717, 1.165) is 24.4 Å². The molecule has 0 saturated carbocycles. The molecule has 0 spiro atoms. The van der Waals surface area contributed by atoms with Crippen LogP contribution in [0.3, 0.4) is 0 Å². The number of aromatic amines is 5. The highest BCUT2D eigenvalue weighted by atomic mass is 16.2. The van der Waals surface area contributed by atoms with Gasteiger partial charge in [0, 0.05) is 79.0 Å². The second-order valence-electron chi connectivity index (χ2n) is 15.1. The molecule has 14 heteroatoms. The molecule has 14 nitrogen and oxygen atoms in total. The van der Waals surface area contributed by atoms with Crippen LogP contribution in [-0.4, -0.2) is 71.5 Å². The second-order valence-corrected chi connectivity index (χ2v) is 15.1. The minimum Gasteiger partial charge on any atom is -0.359 e. The molecule has 0 aliphatic carbocycles. The van der Waals surface area contributed by atoms with Gasteiger partial charge in [-0.2, -0.15) is 5.10 Å². The normalized spacial score (nSPS) is 12.7. The van der Waals surface area contributed by atoms with E-state index in [0.29, 0.717) is 35.6 Å². The van der Waals surface area contributed by atoms with E-state index in [9.17, 15) is 24.0 Å². The van der Waals surface area contributed by atoms with Crippen molar-refractivity contribution in [3.63, 3.8) is 0 Å². The van der Waals surface area contributed by atoms with Gasteiger partial charge >= 0.3 is 5.69 Å². The summed E-state index contributed by atoms with van der Waals surface area (Å²) < 4.78 is 0. The molecule has 0 aromatic carbocycles. The lowest BCUT2D eigenvalue weighted by Crippen LogP contribution is -2.23. The predicted molar refractivity (Wildman–Crippen MR) is 229 cm³/mol. The summed E-state index contributed by atoms with van der Waals surface area (Å²) in [4.78, 5) is 69.8. The van der Waals surface area contributed by atoms with Crippen LogP contribution in [0.5, 0.6) is 0 Å². The third-order valence-electron chi connectivity index (χ3n) is 8.16. The van der Waals surface area contributed by atoms with Gasteiger partial charge in [0.15, 0.2) is 17.3 Å². The fourth-order valence-electron chi connectivity index (χ4n) is 4.56. The Morgan fingerprint density at radius 1 is 0.702 bits per heavy atom. The Bertz CT molecular complexity index is 1780. The zero-order valence-corrected chi connectivity index (χ0v) is 35.3. The van der Waals surface area contributed by atoms with Crippen molar-refractivity contribution in [2.45, 2.75) is 115 Å². The van der Waals surface area contributed by atoms with Crippen LogP contribution in [0.2, 0.25) is 0 Å². The molecular formula is C43H69N9O5. The van der Waals surface area contributed by atoms with E-state index >= 15 is 0 Å². The van der Waals surface area contributed by atoms with Crippen LogP contribution in [0, 0.1) is 17.8 Å². The average Bonchev–Trinajstić information content (AvgIpc) is 4.01. The summed E-state index contributed by atoms with van der Waals surface area (Å²) in [6, 6.07) is 3.62. The van der Waals surface area contributed by atoms with Gasteiger partial charge in [0.05, 0.1) is 23.9 Å². The third kappa shape index (κ3) is 20.4. The topological polar surface area (TPSA) is 214 Å². The van der Waals surface area contributed by atoms with Gasteiger partial charge in [0.25, 0.3) is 0 Å². The maximum absolute atomic E-state index is 11.2.